The van der Waals surface area contributed by atoms with E-state index in [1.807, 2.05) is 18.2 Å². The number of carbonyl (C=O) groups is 1. The van der Waals surface area contributed by atoms with Crippen molar-refractivity contribution >= 4 is 50.5 Å². The number of nitrogens with one attached hydrogen (secondary N) is 1. The molecule has 0 aliphatic carbocycles. The minimum atomic E-state index is -0.506. The molecule has 0 aliphatic rings. The average Bonchev–Trinajstić information content (AvgIpc) is 2.81. The van der Waals surface area contributed by atoms with Crippen LogP contribution in [-0.4, -0.2) is 10.8 Å². The van der Waals surface area contributed by atoms with E-state index >= 15 is 0 Å². The Morgan fingerprint density at radius 2 is 2.00 bits per heavy atom. The van der Waals surface area contributed by atoms with Gasteiger partial charge in [0.2, 0.25) is 0 Å². The molecule has 18 heavy (non-hydrogen) atoms. The van der Waals surface area contributed by atoms with E-state index in [0.29, 0.717) is 10.6 Å². The van der Waals surface area contributed by atoms with Gasteiger partial charge in [0, 0.05) is 9.64 Å². The largest absolute Gasteiger partial charge is 0.324 e. The molecule has 0 aliphatic heterocycles. The second kappa shape index (κ2) is 5.44. The Morgan fingerprint density at radius 1 is 1.28 bits per heavy atom. The van der Waals surface area contributed by atoms with E-state index in [-0.39, 0.29) is 10.9 Å². The number of rotatable bonds is 3. The third kappa shape index (κ3) is 2.85. The fourth-order valence-corrected chi connectivity index (χ4v) is 2.53. The molecule has 1 heterocycles. The number of benzene rings is 1. The summed E-state index contributed by atoms with van der Waals surface area (Å²) in [6.07, 6.45) is 0. The van der Waals surface area contributed by atoms with Crippen LogP contribution in [0.15, 0.2) is 36.4 Å². The van der Waals surface area contributed by atoms with Crippen LogP contribution in [0.3, 0.4) is 0 Å². The van der Waals surface area contributed by atoms with Crippen molar-refractivity contribution < 1.29 is 9.72 Å². The predicted molar refractivity (Wildman–Crippen MR) is 78.1 cm³/mol. The van der Waals surface area contributed by atoms with E-state index in [1.165, 1.54) is 12.1 Å². The first-order valence-corrected chi connectivity index (χ1v) is 6.77. The normalized spacial score (nSPS) is 10.1. The zero-order valence-electron chi connectivity index (χ0n) is 8.92. The average molecular weight is 374 g/mol. The summed E-state index contributed by atoms with van der Waals surface area (Å²) in [7, 11) is 0. The molecular formula is C11H7IN2O3S. The number of para-hydroxylation sites is 1. The molecule has 0 atom stereocenters. The Labute approximate surface area is 120 Å². The molecule has 0 fully saturated rings. The van der Waals surface area contributed by atoms with E-state index in [9.17, 15) is 14.9 Å². The van der Waals surface area contributed by atoms with Crippen LogP contribution in [0.1, 0.15) is 9.67 Å². The van der Waals surface area contributed by atoms with Gasteiger partial charge >= 0.3 is 5.00 Å². The lowest BCUT2D eigenvalue weighted by Gasteiger charge is -2.04. The summed E-state index contributed by atoms with van der Waals surface area (Å²) in [6.45, 7) is 0. The molecule has 1 amide bonds. The molecule has 0 unspecified atom stereocenters. The molecule has 0 saturated carbocycles. The smallest absolute Gasteiger partial charge is 0.320 e. The highest BCUT2D eigenvalue weighted by Gasteiger charge is 2.15. The van der Waals surface area contributed by atoms with Crippen LogP contribution in [0.25, 0.3) is 0 Å². The van der Waals surface area contributed by atoms with Crippen molar-refractivity contribution in [2.45, 2.75) is 0 Å². The Kier molecular flexibility index (Phi) is 3.92. The molecule has 0 radical (unpaired) electrons. The number of carbonyl (C=O) groups excluding carboxylic acids is 1. The van der Waals surface area contributed by atoms with Gasteiger partial charge in [-0.25, -0.2) is 0 Å². The standard InChI is InChI=1S/C11H7IN2O3S/c12-7-3-1-2-4-8(7)13-11(15)9-5-6-10(18-9)14(16)17/h1-6H,(H,13,15). The van der Waals surface area contributed by atoms with Crippen LogP contribution in [0.5, 0.6) is 0 Å². The zero-order valence-corrected chi connectivity index (χ0v) is 11.9. The lowest BCUT2D eigenvalue weighted by atomic mass is 10.3. The van der Waals surface area contributed by atoms with Crippen molar-refractivity contribution in [2.24, 2.45) is 0 Å². The summed E-state index contributed by atoms with van der Waals surface area (Å²) in [5.74, 6) is -0.336. The van der Waals surface area contributed by atoms with Gasteiger partial charge in [0.15, 0.2) is 0 Å². The van der Waals surface area contributed by atoms with Gasteiger partial charge in [-0.15, -0.1) is 0 Å². The highest BCUT2D eigenvalue weighted by atomic mass is 127. The number of amides is 1. The summed E-state index contributed by atoms with van der Waals surface area (Å²) < 4.78 is 0.912. The van der Waals surface area contributed by atoms with Gasteiger partial charge in [0.05, 0.1) is 15.5 Å². The second-order valence-electron chi connectivity index (χ2n) is 3.33. The van der Waals surface area contributed by atoms with Crippen LogP contribution < -0.4 is 5.32 Å². The number of hydrogen-bond donors (Lipinski definition) is 1. The Balaban J connectivity index is 2.17. The summed E-state index contributed by atoms with van der Waals surface area (Å²) >= 11 is 2.97. The van der Waals surface area contributed by atoms with Crippen molar-refractivity contribution in [3.05, 3.63) is 55.0 Å². The van der Waals surface area contributed by atoms with Crippen molar-refractivity contribution in [3.63, 3.8) is 0 Å². The van der Waals surface area contributed by atoms with Crippen LogP contribution >= 0.6 is 33.9 Å². The molecule has 1 N–H and O–H groups in total. The SMILES string of the molecule is O=C(Nc1ccccc1I)c1ccc([N+](=O)[O-])s1. The van der Waals surface area contributed by atoms with Crippen LogP contribution in [0, 0.1) is 13.7 Å². The van der Waals surface area contributed by atoms with Crippen LogP contribution in [-0.2, 0) is 0 Å². The maximum atomic E-state index is 11.9. The lowest BCUT2D eigenvalue weighted by molar-refractivity contribution is -0.380. The van der Waals surface area contributed by atoms with E-state index in [2.05, 4.69) is 27.9 Å². The Bertz CT molecular complexity index is 612. The molecular weight excluding hydrogens is 367 g/mol. The second-order valence-corrected chi connectivity index (χ2v) is 5.55. The first-order valence-electron chi connectivity index (χ1n) is 4.88. The molecule has 2 aromatic rings. The van der Waals surface area contributed by atoms with Gasteiger partial charge in [-0.1, -0.05) is 23.5 Å². The van der Waals surface area contributed by atoms with Crippen molar-refractivity contribution in [1.82, 2.24) is 0 Å². The fourth-order valence-electron chi connectivity index (χ4n) is 1.29. The van der Waals surface area contributed by atoms with Gasteiger partial charge in [-0.3, -0.25) is 14.9 Å². The molecule has 0 spiro atoms. The highest BCUT2D eigenvalue weighted by molar-refractivity contribution is 14.1. The van der Waals surface area contributed by atoms with Gasteiger partial charge in [0.1, 0.15) is 0 Å². The molecule has 5 nitrogen and oxygen atoms in total. The third-order valence-electron chi connectivity index (χ3n) is 2.12. The number of hydrogen-bond acceptors (Lipinski definition) is 4. The first-order chi connectivity index (χ1) is 8.58. The molecule has 0 saturated heterocycles. The van der Waals surface area contributed by atoms with Gasteiger partial charge in [-0.2, -0.15) is 0 Å². The van der Waals surface area contributed by atoms with E-state index in [0.717, 1.165) is 14.9 Å². The first kappa shape index (κ1) is 13.0. The number of thiophene rings is 1. The van der Waals surface area contributed by atoms with Gasteiger partial charge < -0.3 is 5.32 Å². The van der Waals surface area contributed by atoms with Crippen molar-refractivity contribution in [3.8, 4) is 0 Å². The monoisotopic (exact) mass is 374 g/mol. The predicted octanol–water partition coefficient (Wildman–Crippen LogP) is 3.51. The molecule has 2 rings (SSSR count). The highest BCUT2D eigenvalue weighted by Crippen LogP contribution is 2.25. The molecule has 92 valence electrons. The van der Waals surface area contributed by atoms with E-state index in [1.54, 1.807) is 6.07 Å². The number of anilines is 1. The van der Waals surface area contributed by atoms with E-state index in [4.69, 9.17) is 0 Å². The molecule has 1 aromatic carbocycles. The summed E-state index contributed by atoms with van der Waals surface area (Å²) in [5, 5.41) is 13.2. The van der Waals surface area contributed by atoms with Gasteiger partial charge in [0.25, 0.3) is 5.91 Å². The summed E-state index contributed by atoms with van der Waals surface area (Å²) in [4.78, 5) is 22.2. The zero-order chi connectivity index (χ0) is 13.1. The maximum Gasteiger partial charge on any atom is 0.324 e. The van der Waals surface area contributed by atoms with Gasteiger partial charge in [-0.05, 0) is 40.8 Å². The van der Waals surface area contributed by atoms with Crippen LogP contribution in [0.4, 0.5) is 10.7 Å². The maximum absolute atomic E-state index is 11.9. The number of nitro groups is 1. The van der Waals surface area contributed by atoms with Crippen molar-refractivity contribution in [1.29, 1.82) is 0 Å². The topological polar surface area (TPSA) is 72.2 Å². The minimum Gasteiger partial charge on any atom is -0.320 e. The fraction of sp³-hybridized carbons (Fsp3) is 0. The Morgan fingerprint density at radius 3 is 2.61 bits per heavy atom. The summed E-state index contributed by atoms with van der Waals surface area (Å²) in [5.41, 5.74) is 0.694. The van der Waals surface area contributed by atoms with Crippen molar-refractivity contribution in [2.75, 3.05) is 5.32 Å². The molecule has 7 heteroatoms. The number of nitrogens with zero attached hydrogens (tertiary/aromatic N) is 1. The van der Waals surface area contributed by atoms with Crippen LogP contribution in [0.2, 0.25) is 0 Å². The summed E-state index contributed by atoms with van der Waals surface area (Å²) in [6, 6.07) is 10.1. The molecule has 1 aromatic heterocycles. The Hall–Kier alpha value is -1.48. The lowest BCUT2D eigenvalue weighted by Crippen LogP contribution is -2.10. The minimum absolute atomic E-state index is 0.0390. The number of halogens is 1. The quantitative estimate of drug-likeness (QED) is 0.508. The van der Waals surface area contributed by atoms with E-state index < -0.39 is 4.92 Å². The molecule has 0 bridgehead atoms. The third-order valence-corrected chi connectivity index (χ3v) is 4.09.